The summed E-state index contributed by atoms with van der Waals surface area (Å²) in [5.74, 6) is -1.07. The Bertz CT molecular complexity index is 909. The van der Waals surface area contributed by atoms with E-state index in [0.29, 0.717) is 0 Å². The number of sulfonamides is 1. The van der Waals surface area contributed by atoms with E-state index in [1.165, 1.54) is 45.3 Å². The van der Waals surface area contributed by atoms with Crippen molar-refractivity contribution < 1.29 is 31.1 Å². The number of carbonyl (C=O) groups is 1. The monoisotopic (exact) mass is 403 g/mol. The van der Waals surface area contributed by atoms with Crippen molar-refractivity contribution in [1.82, 2.24) is 9.97 Å². The summed E-state index contributed by atoms with van der Waals surface area (Å²) in [5, 5.41) is 0. The molecule has 0 radical (unpaired) electrons. The van der Waals surface area contributed by atoms with Gasteiger partial charge in [0.2, 0.25) is 5.91 Å². The zero-order valence-electron chi connectivity index (χ0n) is 14.6. The SMILES string of the molecule is CC(C)(C)C(=O)N(c1ccc(Oc2ncccn2)cc1)S(=O)(=O)C(F)(F)F. The Balaban J connectivity index is 2.43. The summed E-state index contributed by atoms with van der Waals surface area (Å²) in [4.78, 5) is 20.1. The van der Waals surface area contributed by atoms with Gasteiger partial charge in [0, 0.05) is 17.8 Å². The van der Waals surface area contributed by atoms with E-state index in [9.17, 15) is 26.4 Å². The standard InChI is InChI=1S/C16H16F3N3O4S/c1-15(2,3)13(23)22(27(24,25)16(17,18)19)11-5-7-12(8-6-11)26-14-20-9-4-10-21-14/h4-10H,1-3H3. The second-order valence-corrected chi connectivity index (χ2v) is 8.18. The lowest BCUT2D eigenvalue weighted by Gasteiger charge is -2.29. The van der Waals surface area contributed by atoms with Crippen molar-refractivity contribution in [3.05, 3.63) is 42.7 Å². The van der Waals surface area contributed by atoms with E-state index >= 15 is 0 Å². The number of amides is 1. The van der Waals surface area contributed by atoms with Gasteiger partial charge in [-0.1, -0.05) is 20.8 Å². The molecule has 0 spiro atoms. The van der Waals surface area contributed by atoms with E-state index in [2.05, 4.69) is 9.97 Å². The summed E-state index contributed by atoms with van der Waals surface area (Å²) >= 11 is 0. The van der Waals surface area contributed by atoms with Gasteiger partial charge in [-0.3, -0.25) is 4.79 Å². The molecule has 0 bridgehead atoms. The van der Waals surface area contributed by atoms with Gasteiger partial charge in [-0.25, -0.2) is 9.97 Å². The number of hydrogen-bond acceptors (Lipinski definition) is 6. The van der Waals surface area contributed by atoms with Gasteiger partial charge in [0.05, 0.1) is 5.69 Å². The normalized spacial score (nSPS) is 12.5. The molecule has 0 unspecified atom stereocenters. The first-order valence-corrected chi connectivity index (χ1v) is 8.99. The summed E-state index contributed by atoms with van der Waals surface area (Å²) in [6.07, 6.45) is 2.85. The average molecular weight is 403 g/mol. The van der Waals surface area contributed by atoms with E-state index in [1.54, 1.807) is 6.07 Å². The minimum absolute atomic E-state index is 0.00390. The smallest absolute Gasteiger partial charge is 0.424 e. The molecule has 2 rings (SSSR count). The maximum atomic E-state index is 13.1. The van der Waals surface area contributed by atoms with Gasteiger partial charge in [0.1, 0.15) is 5.75 Å². The van der Waals surface area contributed by atoms with Crippen LogP contribution in [0.4, 0.5) is 18.9 Å². The van der Waals surface area contributed by atoms with Gasteiger partial charge in [-0.15, -0.1) is 0 Å². The number of carbonyl (C=O) groups excluding carboxylic acids is 1. The van der Waals surface area contributed by atoms with Crippen LogP contribution in [-0.2, 0) is 14.8 Å². The number of nitrogens with zero attached hydrogens (tertiary/aromatic N) is 3. The highest BCUT2D eigenvalue weighted by Crippen LogP contribution is 2.35. The van der Waals surface area contributed by atoms with Gasteiger partial charge >= 0.3 is 21.5 Å². The van der Waals surface area contributed by atoms with E-state index in [4.69, 9.17) is 4.74 Å². The summed E-state index contributed by atoms with van der Waals surface area (Å²) in [6.45, 7) is 3.95. The Morgan fingerprint density at radius 1 is 1.04 bits per heavy atom. The Morgan fingerprint density at radius 3 is 2.00 bits per heavy atom. The molecule has 0 aliphatic rings. The fourth-order valence-electron chi connectivity index (χ4n) is 1.87. The van der Waals surface area contributed by atoms with Gasteiger partial charge < -0.3 is 4.74 Å². The number of alkyl halides is 3. The third kappa shape index (κ3) is 4.54. The van der Waals surface area contributed by atoms with Crippen molar-refractivity contribution in [2.45, 2.75) is 26.3 Å². The van der Waals surface area contributed by atoms with Crippen molar-refractivity contribution >= 4 is 21.6 Å². The molecule has 27 heavy (non-hydrogen) atoms. The second kappa shape index (κ2) is 7.14. The van der Waals surface area contributed by atoms with Crippen LogP contribution < -0.4 is 9.04 Å². The number of halogens is 3. The third-order valence-electron chi connectivity index (χ3n) is 3.18. The van der Waals surface area contributed by atoms with E-state index in [0.717, 1.165) is 12.1 Å². The molecule has 11 heteroatoms. The van der Waals surface area contributed by atoms with E-state index < -0.39 is 32.5 Å². The highest BCUT2D eigenvalue weighted by molar-refractivity contribution is 7.94. The van der Waals surface area contributed by atoms with Crippen LogP contribution in [0.5, 0.6) is 11.8 Å². The molecule has 7 nitrogen and oxygen atoms in total. The molecular formula is C16H16F3N3O4S. The number of benzene rings is 1. The predicted molar refractivity (Wildman–Crippen MR) is 90.5 cm³/mol. The van der Waals surface area contributed by atoms with Gasteiger partial charge in [-0.2, -0.15) is 25.9 Å². The van der Waals surface area contributed by atoms with Crippen LogP contribution in [0.25, 0.3) is 0 Å². The van der Waals surface area contributed by atoms with Crippen LogP contribution in [0.2, 0.25) is 0 Å². The van der Waals surface area contributed by atoms with Crippen LogP contribution in [-0.4, -0.2) is 29.8 Å². The lowest BCUT2D eigenvalue weighted by atomic mass is 9.95. The van der Waals surface area contributed by atoms with Crippen molar-refractivity contribution in [1.29, 1.82) is 0 Å². The van der Waals surface area contributed by atoms with Crippen molar-refractivity contribution in [2.75, 3.05) is 4.31 Å². The number of ether oxygens (including phenoxy) is 1. The van der Waals surface area contributed by atoms with Crippen LogP contribution in [0.1, 0.15) is 20.8 Å². The molecule has 146 valence electrons. The van der Waals surface area contributed by atoms with E-state index in [1.807, 2.05) is 0 Å². The van der Waals surface area contributed by atoms with E-state index in [-0.39, 0.29) is 16.1 Å². The highest BCUT2D eigenvalue weighted by atomic mass is 32.2. The maximum absolute atomic E-state index is 13.1. The molecular weight excluding hydrogens is 387 g/mol. The first-order chi connectivity index (χ1) is 12.3. The first kappa shape index (κ1) is 20.6. The topological polar surface area (TPSA) is 89.5 Å². The molecule has 0 saturated carbocycles. The number of anilines is 1. The van der Waals surface area contributed by atoms with Crippen LogP contribution in [0, 0.1) is 5.41 Å². The molecule has 0 saturated heterocycles. The molecule has 0 N–H and O–H groups in total. The lowest BCUT2D eigenvalue weighted by molar-refractivity contribution is -0.125. The fraction of sp³-hybridized carbons (Fsp3) is 0.312. The maximum Gasteiger partial charge on any atom is 0.517 e. The fourth-order valence-corrected chi connectivity index (χ4v) is 2.96. The summed E-state index contributed by atoms with van der Waals surface area (Å²) < 4.78 is 68.1. The minimum Gasteiger partial charge on any atom is -0.424 e. The van der Waals surface area contributed by atoms with Gasteiger partial charge in [0.15, 0.2) is 0 Å². The van der Waals surface area contributed by atoms with Crippen LogP contribution >= 0.6 is 0 Å². The Labute approximate surface area is 153 Å². The minimum atomic E-state index is -5.93. The number of hydrogen-bond donors (Lipinski definition) is 0. The predicted octanol–water partition coefficient (Wildman–Crippen LogP) is 3.50. The molecule has 0 aliphatic heterocycles. The first-order valence-electron chi connectivity index (χ1n) is 7.55. The van der Waals surface area contributed by atoms with Gasteiger partial charge in [-0.05, 0) is 30.3 Å². The number of rotatable bonds is 4. The summed E-state index contributed by atoms with van der Waals surface area (Å²) in [7, 11) is -5.93. The van der Waals surface area contributed by atoms with Crippen molar-refractivity contribution in [2.24, 2.45) is 5.41 Å². The van der Waals surface area contributed by atoms with Crippen molar-refractivity contribution in [3.63, 3.8) is 0 Å². The molecule has 1 aromatic heterocycles. The molecule has 0 aliphatic carbocycles. The largest absolute Gasteiger partial charge is 0.517 e. The molecule has 0 atom stereocenters. The Hall–Kier alpha value is -2.69. The zero-order valence-corrected chi connectivity index (χ0v) is 15.4. The number of aromatic nitrogens is 2. The summed E-state index contributed by atoms with van der Waals surface area (Å²) in [6, 6.07) is 6.04. The van der Waals surface area contributed by atoms with Gasteiger partial charge in [0.25, 0.3) is 0 Å². The molecule has 1 heterocycles. The average Bonchev–Trinajstić information content (AvgIpc) is 2.55. The second-order valence-electron chi connectivity index (χ2n) is 6.40. The Morgan fingerprint density at radius 2 is 1.56 bits per heavy atom. The quantitative estimate of drug-likeness (QED) is 0.776. The summed E-state index contributed by atoms with van der Waals surface area (Å²) in [5.41, 5.74) is -7.47. The Kier molecular flexibility index (Phi) is 5.45. The molecule has 0 fully saturated rings. The van der Waals surface area contributed by atoms with Crippen molar-refractivity contribution in [3.8, 4) is 11.8 Å². The molecule has 2 aromatic rings. The van der Waals surface area contributed by atoms with Crippen LogP contribution in [0.3, 0.4) is 0 Å². The third-order valence-corrected chi connectivity index (χ3v) is 4.62. The van der Waals surface area contributed by atoms with Crippen LogP contribution in [0.15, 0.2) is 42.7 Å². The molecule has 1 aromatic carbocycles. The highest BCUT2D eigenvalue weighted by Gasteiger charge is 2.53. The zero-order chi connectivity index (χ0) is 20.5. The lowest BCUT2D eigenvalue weighted by Crippen LogP contribution is -2.49. The molecule has 1 amide bonds.